The molecule has 0 spiro atoms. The van der Waals surface area contributed by atoms with Crippen molar-refractivity contribution in [3.63, 3.8) is 0 Å². The van der Waals surface area contributed by atoms with Crippen molar-refractivity contribution in [2.24, 2.45) is 4.99 Å². The molecular weight excluding hydrogens is 364 g/mol. The number of nitrogens with zero attached hydrogens (tertiary/aromatic N) is 2. The van der Waals surface area contributed by atoms with Crippen molar-refractivity contribution in [1.29, 1.82) is 0 Å². The van der Waals surface area contributed by atoms with Gasteiger partial charge in [0.1, 0.15) is 0 Å². The number of halogens is 1. The van der Waals surface area contributed by atoms with Crippen LogP contribution >= 0.6 is 15.9 Å². The lowest BCUT2D eigenvalue weighted by Gasteiger charge is -2.20. The third-order valence-electron chi connectivity index (χ3n) is 4.55. The first-order chi connectivity index (χ1) is 11.7. The summed E-state index contributed by atoms with van der Waals surface area (Å²) in [5, 5.41) is 6.87. The average molecular weight is 387 g/mol. The van der Waals surface area contributed by atoms with Crippen molar-refractivity contribution in [1.82, 2.24) is 15.6 Å². The zero-order valence-corrected chi connectivity index (χ0v) is 15.5. The van der Waals surface area contributed by atoms with Gasteiger partial charge in [-0.15, -0.1) is 0 Å². The van der Waals surface area contributed by atoms with Crippen molar-refractivity contribution in [2.45, 2.75) is 24.7 Å². The normalized spacial score (nSPS) is 15.8. The van der Waals surface area contributed by atoms with Crippen LogP contribution in [0.3, 0.4) is 0 Å². The highest BCUT2D eigenvalue weighted by Gasteiger charge is 2.45. The molecule has 1 aromatic heterocycles. The van der Waals surface area contributed by atoms with E-state index < -0.39 is 0 Å². The fraction of sp³-hybridized carbons (Fsp3) is 0.368. The molecule has 1 aliphatic rings. The van der Waals surface area contributed by atoms with E-state index in [2.05, 4.69) is 66.9 Å². The van der Waals surface area contributed by atoms with Crippen LogP contribution in [0.2, 0.25) is 0 Å². The minimum Gasteiger partial charge on any atom is -0.356 e. The Morgan fingerprint density at radius 3 is 2.71 bits per heavy atom. The molecule has 24 heavy (non-hydrogen) atoms. The second kappa shape index (κ2) is 7.79. The smallest absolute Gasteiger partial charge is 0.191 e. The summed E-state index contributed by atoms with van der Waals surface area (Å²) in [5.74, 6) is 0.859. The molecule has 2 N–H and O–H groups in total. The summed E-state index contributed by atoms with van der Waals surface area (Å²) >= 11 is 3.68. The first-order valence-electron chi connectivity index (χ1n) is 8.32. The molecule has 0 aliphatic heterocycles. The number of aromatic nitrogens is 1. The number of benzene rings is 1. The van der Waals surface area contributed by atoms with Gasteiger partial charge in [0.15, 0.2) is 5.96 Å². The highest BCUT2D eigenvalue weighted by Crippen LogP contribution is 2.49. The summed E-state index contributed by atoms with van der Waals surface area (Å²) in [6.07, 6.45) is 7.08. The van der Waals surface area contributed by atoms with Gasteiger partial charge >= 0.3 is 0 Å². The topological polar surface area (TPSA) is 49.3 Å². The second-order valence-corrected chi connectivity index (χ2v) is 7.08. The van der Waals surface area contributed by atoms with E-state index in [9.17, 15) is 0 Å². The first kappa shape index (κ1) is 17.0. The van der Waals surface area contributed by atoms with Crippen LogP contribution in [0.4, 0.5) is 0 Å². The molecule has 4 nitrogen and oxygen atoms in total. The monoisotopic (exact) mass is 386 g/mol. The van der Waals surface area contributed by atoms with Gasteiger partial charge in [-0.3, -0.25) is 9.98 Å². The Morgan fingerprint density at radius 1 is 1.21 bits per heavy atom. The van der Waals surface area contributed by atoms with Crippen LogP contribution in [0.5, 0.6) is 0 Å². The maximum atomic E-state index is 4.33. The van der Waals surface area contributed by atoms with E-state index in [0.717, 1.165) is 25.5 Å². The fourth-order valence-corrected chi connectivity index (χ4v) is 3.63. The van der Waals surface area contributed by atoms with E-state index in [0.29, 0.717) is 0 Å². The molecule has 1 heterocycles. The molecule has 1 saturated carbocycles. The van der Waals surface area contributed by atoms with Crippen LogP contribution in [0.1, 0.15) is 24.0 Å². The van der Waals surface area contributed by atoms with Gasteiger partial charge in [0.05, 0.1) is 0 Å². The van der Waals surface area contributed by atoms with E-state index >= 15 is 0 Å². The largest absolute Gasteiger partial charge is 0.356 e. The Bertz CT molecular complexity index is 696. The zero-order valence-electron chi connectivity index (χ0n) is 13.9. The molecule has 0 atom stereocenters. The first-order valence-corrected chi connectivity index (χ1v) is 9.11. The van der Waals surface area contributed by atoms with Crippen LogP contribution in [0.15, 0.2) is 58.3 Å². The van der Waals surface area contributed by atoms with E-state index in [4.69, 9.17) is 0 Å². The van der Waals surface area contributed by atoms with E-state index in [1.807, 2.05) is 19.3 Å². The Kier molecular flexibility index (Phi) is 5.51. The van der Waals surface area contributed by atoms with Crippen LogP contribution < -0.4 is 10.6 Å². The molecule has 0 unspecified atom stereocenters. The number of nitrogens with one attached hydrogen (secondary N) is 2. The minimum absolute atomic E-state index is 0.237. The second-order valence-electron chi connectivity index (χ2n) is 6.22. The summed E-state index contributed by atoms with van der Waals surface area (Å²) in [6, 6.07) is 12.6. The van der Waals surface area contributed by atoms with Gasteiger partial charge in [-0.25, -0.2) is 0 Å². The zero-order chi connectivity index (χ0) is 16.8. The number of rotatable bonds is 6. The molecule has 2 aromatic rings. The molecule has 0 saturated heterocycles. The highest BCUT2D eigenvalue weighted by molar-refractivity contribution is 9.10. The molecule has 3 rings (SSSR count). The summed E-state index contributed by atoms with van der Waals surface area (Å²) in [5.41, 5.74) is 2.86. The maximum Gasteiger partial charge on any atom is 0.191 e. The van der Waals surface area contributed by atoms with Crippen molar-refractivity contribution in [2.75, 3.05) is 20.1 Å². The van der Waals surface area contributed by atoms with E-state index in [1.165, 1.54) is 28.4 Å². The SMILES string of the molecule is CN=C(NCCc1cccnc1)NCC1(c2ccccc2Br)CC1. The quantitative estimate of drug-likeness (QED) is 0.591. The van der Waals surface area contributed by atoms with E-state index in [-0.39, 0.29) is 5.41 Å². The predicted molar refractivity (Wildman–Crippen MR) is 102 cm³/mol. The van der Waals surface area contributed by atoms with Crippen LogP contribution in [0, 0.1) is 0 Å². The van der Waals surface area contributed by atoms with Crippen LogP contribution in [0.25, 0.3) is 0 Å². The lowest BCUT2D eigenvalue weighted by Crippen LogP contribution is -2.42. The fourth-order valence-electron chi connectivity index (χ4n) is 2.93. The summed E-state index contributed by atoms with van der Waals surface area (Å²) < 4.78 is 1.20. The van der Waals surface area contributed by atoms with Gasteiger partial charge in [-0.05, 0) is 42.5 Å². The van der Waals surface area contributed by atoms with Gasteiger partial charge in [-0.1, -0.05) is 40.2 Å². The minimum atomic E-state index is 0.237. The standard InChI is InChI=1S/C19H23BrN4/c1-21-18(23-12-8-15-5-4-11-22-13-15)24-14-19(9-10-19)16-6-2-3-7-17(16)20/h2-7,11,13H,8-10,12,14H2,1H3,(H2,21,23,24). The lowest BCUT2D eigenvalue weighted by molar-refractivity contribution is 0.643. The molecule has 0 radical (unpaired) electrons. The Balaban J connectivity index is 1.51. The Hall–Kier alpha value is -1.88. The number of hydrogen-bond donors (Lipinski definition) is 2. The molecule has 0 amide bonds. The Labute approximate surface area is 151 Å². The van der Waals surface area contributed by atoms with Gasteiger partial charge in [-0.2, -0.15) is 0 Å². The molecule has 1 fully saturated rings. The number of pyridine rings is 1. The number of aliphatic imine (C=N–C) groups is 1. The van der Waals surface area contributed by atoms with Gasteiger partial charge in [0.2, 0.25) is 0 Å². The average Bonchev–Trinajstić information content (AvgIpc) is 3.40. The predicted octanol–water partition coefficient (Wildman–Crippen LogP) is 3.28. The maximum absolute atomic E-state index is 4.33. The van der Waals surface area contributed by atoms with E-state index in [1.54, 1.807) is 6.20 Å². The lowest BCUT2D eigenvalue weighted by atomic mass is 9.96. The van der Waals surface area contributed by atoms with Crippen molar-refractivity contribution < 1.29 is 0 Å². The van der Waals surface area contributed by atoms with Gasteiger partial charge < -0.3 is 10.6 Å². The molecule has 5 heteroatoms. The van der Waals surface area contributed by atoms with Gasteiger partial charge in [0.25, 0.3) is 0 Å². The molecule has 0 bridgehead atoms. The number of hydrogen-bond acceptors (Lipinski definition) is 2. The summed E-state index contributed by atoms with van der Waals surface area (Å²) in [4.78, 5) is 8.48. The van der Waals surface area contributed by atoms with Crippen LogP contribution in [-0.2, 0) is 11.8 Å². The third kappa shape index (κ3) is 4.15. The molecule has 1 aromatic carbocycles. The molecule has 126 valence electrons. The molecule has 1 aliphatic carbocycles. The summed E-state index contributed by atoms with van der Waals surface area (Å²) in [7, 11) is 1.82. The van der Waals surface area contributed by atoms with Crippen molar-refractivity contribution in [3.8, 4) is 0 Å². The number of guanidine groups is 1. The Morgan fingerprint density at radius 2 is 2.04 bits per heavy atom. The molecular formula is C19H23BrN4. The van der Waals surface area contributed by atoms with Crippen molar-refractivity contribution in [3.05, 3.63) is 64.4 Å². The van der Waals surface area contributed by atoms with Crippen LogP contribution in [-0.4, -0.2) is 31.1 Å². The highest BCUT2D eigenvalue weighted by atomic mass is 79.9. The summed E-state index contributed by atoms with van der Waals surface area (Å²) in [6.45, 7) is 1.75. The van der Waals surface area contributed by atoms with Gasteiger partial charge in [0, 0.05) is 42.4 Å². The van der Waals surface area contributed by atoms with Crippen molar-refractivity contribution >= 4 is 21.9 Å². The third-order valence-corrected chi connectivity index (χ3v) is 5.24.